The number of thiophene rings is 1. The lowest BCUT2D eigenvalue weighted by Crippen LogP contribution is -2.37. The lowest BCUT2D eigenvalue weighted by Gasteiger charge is -2.18. The third kappa shape index (κ3) is 3.08. The van der Waals surface area contributed by atoms with Crippen molar-refractivity contribution in [3.05, 3.63) is 22.4 Å². The maximum absolute atomic E-state index is 8.85. The van der Waals surface area contributed by atoms with Crippen LogP contribution in [-0.2, 0) is 0 Å². The Bertz CT molecular complexity index is 222. The number of hydrogen-bond donors (Lipinski definition) is 3. The maximum atomic E-state index is 8.85. The van der Waals surface area contributed by atoms with Gasteiger partial charge in [-0.3, -0.25) is 0 Å². The molecule has 0 aliphatic carbocycles. The summed E-state index contributed by atoms with van der Waals surface area (Å²) >= 11 is 1.67. The third-order valence-electron chi connectivity index (χ3n) is 1.90. The Kier molecular flexibility index (Phi) is 4.38. The molecule has 13 heavy (non-hydrogen) atoms. The van der Waals surface area contributed by atoms with Gasteiger partial charge in [0.1, 0.15) is 0 Å². The normalized spacial score (nSPS) is 13.5. The van der Waals surface area contributed by atoms with Gasteiger partial charge in [-0.25, -0.2) is 0 Å². The monoisotopic (exact) mass is 201 g/mol. The van der Waals surface area contributed by atoms with Gasteiger partial charge in [-0.15, -0.1) is 11.3 Å². The fraction of sp³-hybridized carbons (Fsp3) is 0.556. The highest BCUT2D eigenvalue weighted by molar-refractivity contribution is 7.10. The molecule has 1 aromatic rings. The highest BCUT2D eigenvalue weighted by Gasteiger charge is 2.11. The predicted octanol–water partition coefficient (Wildman–Crippen LogP) is 0.752. The summed E-state index contributed by atoms with van der Waals surface area (Å²) < 4.78 is 0. The molecule has 0 bridgehead atoms. The van der Waals surface area contributed by atoms with Crippen LogP contribution < -0.4 is 5.32 Å². The minimum atomic E-state index is -0.225. The summed E-state index contributed by atoms with van der Waals surface area (Å²) in [5.41, 5.74) is 0. The molecule has 3 N–H and O–H groups in total. The van der Waals surface area contributed by atoms with E-state index in [0.717, 1.165) is 0 Å². The van der Waals surface area contributed by atoms with Crippen molar-refractivity contribution < 1.29 is 10.2 Å². The van der Waals surface area contributed by atoms with E-state index in [-0.39, 0.29) is 25.3 Å². The Hall–Kier alpha value is -0.420. The predicted molar refractivity (Wildman–Crippen MR) is 53.8 cm³/mol. The first-order chi connectivity index (χ1) is 6.27. The van der Waals surface area contributed by atoms with Gasteiger partial charge in [-0.2, -0.15) is 0 Å². The van der Waals surface area contributed by atoms with Gasteiger partial charge in [0.25, 0.3) is 0 Å². The fourth-order valence-electron chi connectivity index (χ4n) is 1.14. The lowest BCUT2D eigenvalue weighted by atomic mass is 10.2. The van der Waals surface area contributed by atoms with E-state index >= 15 is 0 Å². The SMILES string of the molecule is CC(NC(CO)CO)c1cccs1. The molecule has 1 atom stereocenters. The first-order valence-electron chi connectivity index (χ1n) is 4.29. The number of aliphatic hydroxyl groups is 2. The molecule has 0 aliphatic heterocycles. The van der Waals surface area contributed by atoms with Gasteiger partial charge >= 0.3 is 0 Å². The van der Waals surface area contributed by atoms with E-state index < -0.39 is 0 Å². The number of hydrogen-bond acceptors (Lipinski definition) is 4. The number of nitrogens with one attached hydrogen (secondary N) is 1. The summed E-state index contributed by atoms with van der Waals surface area (Å²) in [6, 6.07) is 3.99. The molecule has 0 saturated heterocycles. The molecule has 0 radical (unpaired) electrons. The second-order valence-corrected chi connectivity index (χ2v) is 3.95. The Balaban J connectivity index is 2.45. The van der Waals surface area contributed by atoms with Crippen molar-refractivity contribution in [1.29, 1.82) is 0 Å². The second kappa shape index (κ2) is 5.34. The largest absolute Gasteiger partial charge is 0.395 e. The van der Waals surface area contributed by atoms with Crippen molar-refractivity contribution >= 4 is 11.3 Å². The smallest absolute Gasteiger partial charge is 0.0607 e. The van der Waals surface area contributed by atoms with Crippen molar-refractivity contribution in [2.45, 2.75) is 19.0 Å². The highest BCUT2D eigenvalue weighted by Crippen LogP contribution is 2.18. The molecule has 74 valence electrons. The molecule has 0 aromatic carbocycles. The van der Waals surface area contributed by atoms with Crippen LogP contribution in [0.3, 0.4) is 0 Å². The van der Waals surface area contributed by atoms with Crippen molar-refractivity contribution in [1.82, 2.24) is 5.32 Å². The molecule has 0 fully saturated rings. The van der Waals surface area contributed by atoms with E-state index in [1.165, 1.54) is 4.88 Å². The lowest BCUT2D eigenvalue weighted by molar-refractivity contribution is 0.164. The van der Waals surface area contributed by atoms with Crippen LogP contribution in [0.25, 0.3) is 0 Å². The first kappa shape index (κ1) is 10.7. The molecule has 4 heteroatoms. The minimum Gasteiger partial charge on any atom is -0.395 e. The van der Waals surface area contributed by atoms with Crippen LogP contribution in [0.15, 0.2) is 17.5 Å². The van der Waals surface area contributed by atoms with Crippen LogP contribution in [0.1, 0.15) is 17.8 Å². The number of aliphatic hydroxyl groups excluding tert-OH is 2. The fourth-order valence-corrected chi connectivity index (χ4v) is 1.88. The summed E-state index contributed by atoms with van der Waals surface area (Å²) in [4.78, 5) is 1.21. The van der Waals surface area contributed by atoms with E-state index in [1.807, 2.05) is 24.4 Å². The molecular weight excluding hydrogens is 186 g/mol. The Morgan fingerprint density at radius 1 is 1.46 bits per heavy atom. The molecule has 0 aliphatic rings. The Morgan fingerprint density at radius 2 is 2.15 bits per heavy atom. The standard InChI is InChI=1S/C9H15NO2S/c1-7(9-3-2-4-13-9)10-8(5-11)6-12/h2-4,7-8,10-12H,5-6H2,1H3. The quantitative estimate of drug-likeness (QED) is 0.659. The van der Waals surface area contributed by atoms with Crippen molar-refractivity contribution in [2.75, 3.05) is 13.2 Å². The van der Waals surface area contributed by atoms with Gasteiger partial charge in [0.15, 0.2) is 0 Å². The van der Waals surface area contributed by atoms with E-state index in [2.05, 4.69) is 5.32 Å². The van der Waals surface area contributed by atoms with Crippen molar-refractivity contribution in [2.24, 2.45) is 0 Å². The molecule has 0 spiro atoms. The summed E-state index contributed by atoms with van der Waals surface area (Å²) in [5.74, 6) is 0. The van der Waals surface area contributed by atoms with Crippen LogP contribution in [-0.4, -0.2) is 29.5 Å². The minimum absolute atomic E-state index is 0.0355. The molecule has 1 rings (SSSR count). The Labute approximate surface area is 82.0 Å². The zero-order chi connectivity index (χ0) is 9.68. The molecule has 1 aromatic heterocycles. The van der Waals surface area contributed by atoms with E-state index in [0.29, 0.717) is 0 Å². The molecule has 3 nitrogen and oxygen atoms in total. The third-order valence-corrected chi connectivity index (χ3v) is 2.95. The molecule has 1 heterocycles. The first-order valence-corrected chi connectivity index (χ1v) is 5.17. The van der Waals surface area contributed by atoms with Crippen LogP contribution in [0.4, 0.5) is 0 Å². The summed E-state index contributed by atoms with van der Waals surface area (Å²) in [6.45, 7) is 1.95. The highest BCUT2D eigenvalue weighted by atomic mass is 32.1. The average Bonchev–Trinajstić information content (AvgIpc) is 2.66. The molecular formula is C9H15NO2S. The van der Waals surface area contributed by atoms with Gasteiger partial charge in [-0.05, 0) is 18.4 Å². The second-order valence-electron chi connectivity index (χ2n) is 2.97. The Morgan fingerprint density at radius 3 is 2.62 bits per heavy atom. The maximum Gasteiger partial charge on any atom is 0.0607 e. The summed E-state index contributed by atoms with van der Waals surface area (Å²) in [6.07, 6.45) is 0. The van der Waals surface area contributed by atoms with Crippen LogP contribution >= 0.6 is 11.3 Å². The van der Waals surface area contributed by atoms with Crippen molar-refractivity contribution in [3.8, 4) is 0 Å². The van der Waals surface area contributed by atoms with Gasteiger partial charge in [-0.1, -0.05) is 6.07 Å². The summed E-state index contributed by atoms with van der Waals surface area (Å²) in [5, 5.41) is 22.9. The van der Waals surface area contributed by atoms with Crippen LogP contribution in [0, 0.1) is 0 Å². The van der Waals surface area contributed by atoms with Gasteiger partial charge in [0.05, 0.1) is 19.3 Å². The average molecular weight is 201 g/mol. The topological polar surface area (TPSA) is 52.5 Å². The van der Waals surface area contributed by atoms with E-state index in [1.54, 1.807) is 11.3 Å². The molecule has 0 saturated carbocycles. The van der Waals surface area contributed by atoms with Gasteiger partial charge < -0.3 is 15.5 Å². The van der Waals surface area contributed by atoms with Crippen LogP contribution in [0.2, 0.25) is 0 Å². The van der Waals surface area contributed by atoms with E-state index in [4.69, 9.17) is 10.2 Å². The zero-order valence-electron chi connectivity index (χ0n) is 7.60. The van der Waals surface area contributed by atoms with Gasteiger partial charge in [0.2, 0.25) is 0 Å². The van der Waals surface area contributed by atoms with E-state index in [9.17, 15) is 0 Å². The number of rotatable bonds is 5. The van der Waals surface area contributed by atoms with Crippen LogP contribution in [0.5, 0.6) is 0 Å². The van der Waals surface area contributed by atoms with Crippen molar-refractivity contribution in [3.63, 3.8) is 0 Å². The summed E-state index contributed by atoms with van der Waals surface area (Å²) in [7, 11) is 0. The zero-order valence-corrected chi connectivity index (χ0v) is 8.42. The van der Waals surface area contributed by atoms with Gasteiger partial charge in [0, 0.05) is 10.9 Å². The molecule has 1 unspecified atom stereocenters. The molecule has 0 amide bonds.